The molecule has 4 rings (SSSR count). The van der Waals surface area contributed by atoms with Crippen molar-refractivity contribution in [2.24, 2.45) is 22.6 Å². The summed E-state index contributed by atoms with van der Waals surface area (Å²) in [6.07, 6.45) is 1.62. The number of amides is 2. The van der Waals surface area contributed by atoms with Crippen LogP contribution in [0.4, 0.5) is 4.79 Å². The van der Waals surface area contributed by atoms with Gasteiger partial charge in [0.25, 0.3) is 5.91 Å². The Morgan fingerprint density at radius 2 is 1.72 bits per heavy atom. The third-order valence-corrected chi connectivity index (χ3v) is 8.40. The van der Waals surface area contributed by atoms with E-state index in [0.29, 0.717) is 41.3 Å². The molecule has 1 aromatic heterocycles. The number of ether oxygens (including phenoxy) is 3. The first-order valence-electron chi connectivity index (χ1n) is 17.4. The topological polar surface area (TPSA) is 180 Å². The molecule has 0 saturated heterocycles. The fourth-order valence-electron chi connectivity index (χ4n) is 5.12. The molecule has 280 valence electrons. The Bertz CT molecular complexity index is 1900. The van der Waals surface area contributed by atoms with E-state index in [1.165, 1.54) is 13.0 Å². The molecule has 1 fully saturated rings. The molecule has 1 atom stereocenters. The van der Waals surface area contributed by atoms with Gasteiger partial charge in [-0.25, -0.2) is 14.6 Å². The smallest absolute Gasteiger partial charge is 0.435 e. The van der Waals surface area contributed by atoms with E-state index in [1.54, 1.807) is 62.4 Å². The van der Waals surface area contributed by atoms with Crippen molar-refractivity contribution in [1.29, 1.82) is 0 Å². The lowest BCUT2D eigenvalue weighted by atomic mass is 9.89. The van der Waals surface area contributed by atoms with Gasteiger partial charge in [0.2, 0.25) is 6.29 Å². The van der Waals surface area contributed by atoms with E-state index in [0.717, 1.165) is 18.4 Å². The van der Waals surface area contributed by atoms with E-state index >= 15 is 0 Å². The highest BCUT2D eigenvalue weighted by molar-refractivity contribution is 6.07. The second-order valence-corrected chi connectivity index (χ2v) is 13.5. The summed E-state index contributed by atoms with van der Waals surface area (Å²) in [6, 6.07) is 13.2. The molecular formula is C40H47N5O8. The molecule has 2 aromatic carbocycles. The van der Waals surface area contributed by atoms with Crippen LogP contribution in [0.2, 0.25) is 0 Å². The molecule has 1 unspecified atom stereocenters. The van der Waals surface area contributed by atoms with Crippen LogP contribution in [-0.4, -0.2) is 85.5 Å². The molecule has 53 heavy (non-hydrogen) atoms. The largest absolute Gasteiger partial charge is 0.447 e. The number of ketones is 1. The normalized spacial score (nSPS) is 13.3. The van der Waals surface area contributed by atoms with E-state index in [1.807, 2.05) is 25.9 Å². The quantitative estimate of drug-likeness (QED) is 0.0637. The molecular weight excluding hydrogens is 678 g/mol. The van der Waals surface area contributed by atoms with Crippen molar-refractivity contribution in [2.45, 2.75) is 53.2 Å². The number of likely N-dealkylation sites (N-methyl/N-ethyl adjacent to an activating group) is 1. The van der Waals surface area contributed by atoms with Gasteiger partial charge >= 0.3 is 18.0 Å². The molecule has 1 aliphatic carbocycles. The first-order valence-corrected chi connectivity index (χ1v) is 17.4. The highest BCUT2D eigenvalue weighted by Gasteiger charge is 2.27. The van der Waals surface area contributed by atoms with Gasteiger partial charge in [-0.05, 0) is 80.2 Å². The van der Waals surface area contributed by atoms with Crippen LogP contribution in [0.3, 0.4) is 0 Å². The molecule has 1 saturated carbocycles. The third-order valence-electron chi connectivity index (χ3n) is 8.40. The lowest BCUT2D eigenvalue weighted by molar-refractivity contribution is -0.169. The first-order chi connectivity index (χ1) is 25.2. The summed E-state index contributed by atoms with van der Waals surface area (Å²) >= 11 is 0. The molecule has 0 aliphatic heterocycles. The number of pyridine rings is 1. The summed E-state index contributed by atoms with van der Waals surface area (Å²) in [5, 5.41) is 2.85. The summed E-state index contributed by atoms with van der Waals surface area (Å²) < 4.78 is 15.8. The standard InChI is InChI=1S/C40H47N5O8/c1-8-28-21-32(34(46)20-26-11-13-29(14-12-26)36(41)44-40(50)51-18-17-45(6)7)31(19-24(28)4)30-15-16-33(37(47)42-22-27-9-10-27)43-35(30)39(49)53-25(5)52-38(48)23(2)3/h8,11-16,19,21,23,25,27H,1,9-10,17-18,20,22H2,2-7H3,(H,42,47)(H2,41,44,50). The number of aliphatic imine (C=N–C) groups is 1. The number of nitrogens with zero attached hydrogens (tertiary/aromatic N) is 3. The number of carbonyl (C=O) groups is 5. The Morgan fingerprint density at radius 3 is 2.34 bits per heavy atom. The van der Waals surface area contributed by atoms with Crippen LogP contribution >= 0.6 is 0 Å². The summed E-state index contributed by atoms with van der Waals surface area (Å²) in [5.41, 5.74) is 9.30. The van der Waals surface area contributed by atoms with Crippen molar-refractivity contribution in [2.75, 3.05) is 33.8 Å². The predicted octanol–water partition coefficient (Wildman–Crippen LogP) is 5.37. The van der Waals surface area contributed by atoms with Gasteiger partial charge in [-0.15, -0.1) is 0 Å². The maximum atomic E-state index is 14.1. The van der Waals surface area contributed by atoms with E-state index in [9.17, 15) is 24.0 Å². The average Bonchev–Trinajstić information content (AvgIpc) is 3.95. The van der Waals surface area contributed by atoms with Crippen molar-refractivity contribution >= 4 is 41.6 Å². The molecule has 1 aliphatic rings. The molecule has 2 amide bonds. The molecule has 0 spiro atoms. The average molecular weight is 726 g/mol. The van der Waals surface area contributed by atoms with Gasteiger partial charge in [-0.2, -0.15) is 4.99 Å². The number of aromatic nitrogens is 1. The lowest BCUT2D eigenvalue weighted by Gasteiger charge is -2.18. The van der Waals surface area contributed by atoms with Gasteiger partial charge < -0.3 is 30.2 Å². The van der Waals surface area contributed by atoms with Crippen LogP contribution in [-0.2, 0) is 25.4 Å². The second kappa shape index (κ2) is 18.2. The monoisotopic (exact) mass is 725 g/mol. The Labute approximate surface area is 309 Å². The number of benzene rings is 2. The number of hydrogen-bond donors (Lipinski definition) is 2. The number of amidine groups is 1. The van der Waals surface area contributed by atoms with Crippen molar-refractivity contribution in [3.8, 4) is 11.1 Å². The lowest BCUT2D eigenvalue weighted by Crippen LogP contribution is -2.28. The van der Waals surface area contributed by atoms with Gasteiger partial charge in [0, 0.05) is 43.1 Å². The third kappa shape index (κ3) is 11.4. The number of carbonyl (C=O) groups excluding carboxylic acids is 5. The summed E-state index contributed by atoms with van der Waals surface area (Å²) in [7, 11) is 3.71. The van der Waals surface area contributed by atoms with Gasteiger partial charge in [-0.3, -0.25) is 14.4 Å². The number of hydrogen-bond acceptors (Lipinski definition) is 10. The highest BCUT2D eigenvalue weighted by atomic mass is 16.7. The fourth-order valence-corrected chi connectivity index (χ4v) is 5.12. The van der Waals surface area contributed by atoms with E-state index < -0.39 is 36.1 Å². The Balaban J connectivity index is 1.66. The van der Waals surface area contributed by atoms with Crippen molar-refractivity contribution < 1.29 is 38.2 Å². The molecule has 1 heterocycles. The predicted molar refractivity (Wildman–Crippen MR) is 200 cm³/mol. The number of Topliss-reactive ketones (excluding diaryl/α,β-unsaturated/α-hetero) is 1. The van der Waals surface area contributed by atoms with E-state index in [2.05, 4.69) is 21.9 Å². The minimum absolute atomic E-state index is 0.00906. The number of esters is 2. The zero-order valence-electron chi connectivity index (χ0n) is 31.1. The van der Waals surface area contributed by atoms with Gasteiger partial charge in [0.15, 0.2) is 11.5 Å². The highest BCUT2D eigenvalue weighted by Crippen LogP contribution is 2.32. The molecule has 13 nitrogen and oxygen atoms in total. The van der Waals surface area contributed by atoms with E-state index in [-0.39, 0.29) is 47.2 Å². The molecule has 0 bridgehead atoms. The summed E-state index contributed by atoms with van der Waals surface area (Å²) in [5.74, 6) is -2.31. The zero-order chi connectivity index (χ0) is 38.8. The van der Waals surface area contributed by atoms with Gasteiger partial charge in [0.1, 0.15) is 18.1 Å². The molecule has 0 radical (unpaired) electrons. The van der Waals surface area contributed by atoms with Crippen LogP contribution in [0.15, 0.2) is 60.1 Å². The zero-order valence-corrected chi connectivity index (χ0v) is 31.1. The van der Waals surface area contributed by atoms with Gasteiger partial charge in [-0.1, -0.05) is 56.8 Å². The van der Waals surface area contributed by atoms with E-state index in [4.69, 9.17) is 19.9 Å². The van der Waals surface area contributed by atoms with Crippen LogP contribution in [0.25, 0.3) is 17.2 Å². The van der Waals surface area contributed by atoms with Crippen molar-refractivity contribution in [1.82, 2.24) is 15.2 Å². The number of aryl methyl sites for hydroxylation is 1. The van der Waals surface area contributed by atoms with Crippen molar-refractivity contribution in [3.05, 3.63) is 94.3 Å². The van der Waals surface area contributed by atoms with Crippen LogP contribution in [0.5, 0.6) is 0 Å². The number of nitrogens with one attached hydrogen (secondary N) is 1. The summed E-state index contributed by atoms with van der Waals surface area (Å²) in [6.45, 7) is 11.6. The minimum atomic E-state index is -1.25. The fraction of sp³-hybridized carbons (Fsp3) is 0.375. The minimum Gasteiger partial charge on any atom is -0.447 e. The second-order valence-electron chi connectivity index (χ2n) is 13.5. The molecule has 13 heteroatoms. The molecule has 3 N–H and O–H groups in total. The SMILES string of the molecule is C=Cc1cc(C(=O)Cc2ccc(C(N)=NC(=O)OCCN(C)C)cc2)c(-c2ccc(C(=O)NCC3CC3)nc2C(=O)OC(C)OC(=O)C(C)C)cc1C. The Morgan fingerprint density at radius 1 is 1.02 bits per heavy atom. The van der Waals surface area contributed by atoms with Crippen LogP contribution < -0.4 is 11.1 Å². The maximum Gasteiger partial charge on any atom is 0.435 e. The first kappa shape index (κ1) is 40.1. The van der Waals surface area contributed by atoms with Crippen molar-refractivity contribution in [3.63, 3.8) is 0 Å². The van der Waals surface area contributed by atoms with Crippen LogP contribution in [0.1, 0.15) is 87.2 Å². The summed E-state index contributed by atoms with van der Waals surface area (Å²) in [4.78, 5) is 75.2. The Kier molecular flexibility index (Phi) is 13.8. The number of nitrogens with two attached hydrogens (primary N) is 1. The molecule has 3 aromatic rings. The number of rotatable bonds is 16. The Hall–Kier alpha value is -5.69. The van der Waals surface area contributed by atoms with Crippen LogP contribution in [0, 0.1) is 18.8 Å². The maximum absolute atomic E-state index is 14.1. The van der Waals surface area contributed by atoms with Gasteiger partial charge in [0.05, 0.1) is 5.92 Å².